The van der Waals surface area contributed by atoms with Gasteiger partial charge in [-0.3, -0.25) is 4.98 Å². The standard InChI is InChI=1S/C19H24N2OP2/c1-19(2,22-24-4)12-16-15-10-11-20-13-17(15)21(23-3)18(16)14-8-6-5-7-9-14/h5-11,13,23-24H,12H2,1-4H3. The number of rotatable bonds is 6. The Kier molecular flexibility index (Phi) is 5.35. The highest BCUT2D eigenvalue weighted by atomic mass is 31.1. The van der Waals surface area contributed by atoms with Gasteiger partial charge in [-0.2, -0.15) is 0 Å². The Morgan fingerprint density at radius 2 is 1.88 bits per heavy atom. The predicted molar refractivity (Wildman–Crippen MR) is 108 cm³/mol. The van der Waals surface area contributed by atoms with E-state index in [0.29, 0.717) is 17.5 Å². The zero-order valence-corrected chi connectivity index (χ0v) is 16.6. The number of hydrogen-bond donors (Lipinski definition) is 0. The lowest BCUT2D eigenvalue weighted by Crippen LogP contribution is -2.24. The molecule has 0 spiro atoms. The largest absolute Gasteiger partial charge is 0.357 e. The summed E-state index contributed by atoms with van der Waals surface area (Å²) in [7, 11) is 1.14. The molecule has 0 amide bonds. The summed E-state index contributed by atoms with van der Waals surface area (Å²) in [5, 5.41) is 1.29. The van der Waals surface area contributed by atoms with Gasteiger partial charge in [0, 0.05) is 26.8 Å². The van der Waals surface area contributed by atoms with Gasteiger partial charge in [0.05, 0.1) is 23.0 Å². The molecule has 24 heavy (non-hydrogen) atoms. The normalized spacial score (nSPS) is 13.0. The van der Waals surface area contributed by atoms with Gasteiger partial charge in [-0.25, -0.2) is 0 Å². The van der Waals surface area contributed by atoms with Crippen LogP contribution < -0.4 is 0 Å². The SMILES string of the molecule is CPOC(C)(C)Cc1c(-c2ccccc2)n(PC)c2cnccc12. The van der Waals surface area contributed by atoms with E-state index in [1.165, 1.54) is 27.7 Å². The van der Waals surface area contributed by atoms with Gasteiger partial charge in [-0.1, -0.05) is 30.3 Å². The van der Waals surface area contributed by atoms with Gasteiger partial charge < -0.3 is 8.86 Å². The van der Waals surface area contributed by atoms with Crippen LogP contribution in [-0.4, -0.2) is 28.3 Å². The van der Waals surface area contributed by atoms with Gasteiger partial charge in [0.2, 0.25) is 0 Å². The third kappa shape index (κ3) is 3.40. The summed E-state index contributed by atoms with van der Waals surface area (Å²) in [5.74, 6) is 0. The summed E-state index contributed by atoms with van der Waals surface area (Å²) in [6, 6.07) is 12.8. The van der Waals surface area contributed by atoms with Crippen molar-refractivity contribution in [1.29, 1.82) is 0 Å². The summed E-state index contributed by atoms with van der Waals surface area (Å²) in [5.41, 5.74) is 4.94. The van der Waals surface area contributed by atoms with Crippen molar-refractivity contribution in [2.75, 3.05) is 13.3 Å². The summed E-state index contributed by atoms with van der Waals surface area (Å²) >= 11 is 0. The maximum atomic E-state index is 6.02. The topological polar surface area (TPSA) is 27.1 Å². The average molecular weight is 358 g/mol. The van der Waals surface area contributed by atoms with E-state index in [1.807, 2.05) is 12.4 Å². The van der Waals surface area contributed by atoms with Gasteiger partial charge in [0.1, 0.15) is 0 Å². The Bertz CT molecular complexity index is 828. The van der Waals surface area contributed by atoms with Gasteiger partial charge in [-0.05, 0) is 53.1 Å². The van der Waals surface area contributed by atoms with Crippen molar-refractivity contribution < 1.29 is 4.52 Å². The molecule has 2 heterocycles. The van der Waals surface area contributed by atoms with Crippen LogP contribution in [0.25, 0.3) is 22.2 Å². The van der Waals surface area contributed by atoms with Crippen LogP contribution in [0.3, 0.4) is 0 Å². The number of pyridine rings is 1. The van der Waals surface area contributed by atoms with Crippen molar-refractivity contribution in [3.63, 3.8) is 0 Å². The molecular formula is C19H24N2OP2. The molecule has 0 fully saturated rings. The van der Waals surface area contributed by atoms with Gasteiger partial charge >= 0.3 is 0 Å². The highest BCUT2D eigenvalue weighted by Crippen LogP contribution is 2.40. The minimum Gasteiger partial charge on any atom is -0.357 e. The molecular weight excluding hydrogens is 334 g/mol. The Morgan fingerprint density at radius 1 is 1.12 bits per heavy atom. The molecule has 3 aromatic rings. The highest BCUT2D eigenvalue weighted by molar-refractivity contribution is 7.35. The first-order valence-electron chi connectivity index (χ1n) is 8.12. The van der Waals surface area contributed by atoms with Crippen molar-refractivity contribution in [2.45, 2.75) is 25.9 Å². The van der Waals surface area contributed by atoms with Crippen LogP contribution in [0.4, 0.5) is 0 Å². The van der Waals surface area contributed by atoms with E-state index < -0.39 is 0 Å². The lowest BCUT2D eigenvalue weighted by atomic mass is 9.94. The molecule has 0 aliphatic rings. The Labute approximate surface area is 147 Å². The maximum absolute atomic E-state index is 6.02. The molecule has 0 bridgehead atoms. The van der Waals surface area contributed by atoms with Crippen LogP contribution in [0.2, 0.25) is 0 Å². The van der Waals surface area contributed by atoms with Crippen molar-refractivity contribution in [2.24, 2.45) is 0 Å². The van der Waals surface area contributed by atoms with E-state index >= 15 is 0 Å². The molecule has 0 saturated heterocycles. The van der Waals surface area contributed by atoms with E-state index in [4.69, 9.17) is 4.52 Å². The number of nitrogens with zero attached hydrogens (tertiary/aromatic N) is 2. The Hall–Kier alpha value is -1.27. The molecule has 5 heteroatoms. The quantitative estimate of drug-likeness (QED) is 0.557. The van der Waals surface area contributed by atoms with Crippen molar-refractivity contribution in [3.05, 3.63) is 54.4 Å². The molecule has 2 aromatic heterocycles. The summed E-state index contributed by atoms with van der Waals surface area (Å²) in [6.07, 6.45) is 4.76. The minimum absolute atomic E-state index is 0.185. The molecule has 1 aromatic carbocycles. The second kappa shape index (κ2) is 7.31. The third-order valence-electron chi connectivity index (χ3n) is 4.13. The second-order valence-corrected chi connectivity index (χ2v) is 7.89. The number of fused-ring (bicyclic) bond motifs is 1. The molecule has 0 saturated carbocycles. The zero-order chi connectivity index (χ0) is 17.2. The molecule has 3 nitrogen and oxygen atoms in total. The monoisotopic (exact) mass is 358 g/mol. The fourth-order valence-corrected chi connectivity index (χ4v) is 4.78. The zero-order valence-electron chi connectivity index (χ0n) is 14.6. The molecule has 2 unspecified atom stereocenters. The lowest BCUT2D eigenvalue weighted by molar-refractivity contribution is 0.135. The van der Waals surface area contributed by atoms with Crippen LogP contribution in [0.5, 0.6) is 0 Å². The number of hydrogen-bond acceptors (Lipinski definition) is 2. The first kappa shape index (κ1) is 17.5. The molecule has 0 aliphatic heterocycles. The van der Waals surface area contributed by atoms with Crippen LogP contribution in [0.15, 0.2) is 48.8 Å². The molecule has 126 valence electrons. The van der Waals surface area contributed by atoms with E-state index in [9.17, 15) is 0 Å². The summed E-state index contributed by atoms with van der Waals surface area (Å²) < 4.78 is 8.42. The fraction of sp³-hybridized carbons (Fsp3) is 0.316. The molecule has 0 aliphatic carbocycles. The van der Waals surface area contributed by atoms with Crippen molar-refractivity contribution in [3.8, 4) is 11.3 Å². The summed E-state index contributed by atoms with van der Waals surface area (Å²) in [4.78, 5) is 4.36. The van der Waals surface area contributed by atoms with Crippen LogP contribution in [0.1, 0.15) is 19.4 Å². The fourth-order valence-electron chi connectivity index (χ4n) is 3.25. The Morgan fingerprint density at radius 3 is 2.54 bits per heavy atom. The van der Waals surface area contributed by atoms with Gasteiger partial charge in [0.25, 0.3) is 0 Å². The van der Waals surface area contributed by atoms with Crippen LogP contribution in [-0.2, 0) is 10.9 Å². The van der Waals surface area contributed by atoms with Crippen molar-refractivity contribution >= 4 is 28.4 Å². The van der Waals surface area contributed by atoms with Gasteiger partial charge in [-0.15, -0.1) is 0 Å². The third-order valence-corrected chi connectivity index (χ3v) is 5.80. The van der Waals surface area contributed by atoms with E-state index in [0.717, 1.165) is 6.42 Å². The maximum Gasteiger partial charge on any atom is 0.0706 e. The number of benzene rings is 1. The van der Waals surface area contributed by atoms with E-state index in [-0.39, 0.29) is 5.60 Å². The highest BCUT2D eigenvalue weighted by Gasteiger charge is 2.25. The smallest absolute Gasteiger partial charge is 0.0706 e. The number of aromatic nitrogens is 2. The van der Waals surface area contributed by atoms with E-state index in [2.05, 4.69) is 72.9 Å². The van der Waals surface area contributed by atoms with Gasteiger partial charge in [0.15, 0.2) is 0 Å². The van der Waals surface area contributed by atoms with Crippen LogP contribution >= 0.6 is 17.5 Å². The molecule has 2 atom stereocenters. The van der Waals surface area contributed by atoms with Crippen molar-refractivity contribution in [1.82, 2.24) is 9.32 Å². The molecule has 0 N–H and O–H groups in total. The first-order valence-corrected chi connectivity index (χ1v) is 11.0. The first-order chi connectivity index (χ1) is 11.6. The molecule has 0 radical (unpaired) electrons. The summed E-state index contributed by atoms with van der Waals surface area (Å²) in [6.45, 7) is 8.66. The second-order valence-electron chi connectivity index (χ2n) is 6.39. The van der Waals surface area contributed by atoms with Crippen LogP contribution in [0, 0.1) is 0 Å². The predicted octanol–water partition coefficient (Wildman–Crippen LogP) is 5.34. The molecule has 3 rings (SSSR count). The Balaban J connectivity index is 2.25. The minimum atomic E-state index is -0.185. The van der Waals surface area contributed by atoms with E-state index in [1.54, 1.807) is 0 Å². The average Bonchev–Trinajstić information content (AvgIpc) is 2.89. The lowest BCUT2D eigenvalue weighted by Gasteiger charge is -2.25.